The summed E-state index contributed by atoms with van der Waals surface area (Å²) in [6.07, 6.45) is 17.4. The van der Waals surface area contributed by atoms with Crippen molar-refractivity contribution in [3.63, 3.8) is 0 Å². The van der Waals surface area contributed by atoms with Gasteiger partial charge in [-0.1, -0.05) is 63.8 Å². The van der Waals surface area contributed by atoms with Crippen LogP contribution in [0.15, 0.2) is 24.3 Å². The van der Waals surface area contributed by atoms with Crippen molar-refractivity contribution in [2.75, 3.05) is 19.6 Å². The summed E-state index contributed by atoms with van der Waals surface area (Å²) in [5.41, 5.74) is 0. The molecule has 0 bridgehead atoms. The second-order valence-electron chi connectivity index (χ2n) is 9.16. The molecule has 0 radical (unpaired) electrons. The van der Waals surface area contributed by atoms with E-state index in [9.17, 15) is 14.7 Å². The highest BCUT2D eigenvalue weighted by atomic mass is 16.3. The third kappa shape index (κ3) is 18.5. The lowest BCUT2D eigenvalue weighted by Gasteiger charge is -2.35. The van der Waals surface area contributed by atoms with E-state index in [1.807, 2.05) is 13.8 Å². The molecule has 0 aliphatic heterocycles. The van der Waals surface area contributed by atoms with Crippen molar-refractivity contribution in [2.45, 2.75) is 117 Å². The molecule has 33 heavy (non-hydrogen) atoms. The zero-order valence-electron chi connectivity index (χ0n) is 21.9. The highest BCUT2D eigenvalue weighted by Crippen LogP contribution is 2.07. The minimum atomic E-state index is -0.484. The van der Waals surface area contributed by atoms with Crippen LogP contribution in [0.2, 0.25) is 0 Å². The smallest absolute Gasteiger partial charge is 0.220 e. The first-order valence-corrected chi connectivity index (χ1v) is 13.1. The minimum Gasteiger partial charge on any atom is -0.392 e. The summed E-state index contributed by atoms with van der Waals surface area (Å²) in [7, 11) is 0. The van der Waals surface area contributed by atoms with Gasteiger partial charge in [-0.15, -0.1) is 0 Å². The molecule has 2 amide bonds. The molecular weight excluding hydrogens is 414 g/mol. The number of carbonyl (C=O) groups is 2. The summed E-state index contributed by atoms with van der Waals surface area (Å²) in [5.74, 6) is 0.0962. The van der Waals surface area contributed by atoms with Gasteiger partial charge in [-0.05, 0) is 46.5 Å². The van der Waals surface area contributed by atoms with Gasteiger partial charge in [0, 0.05) is 44.6 Å². The minimum absolute atomic E-state index is 0.0481. The Balaban J connectivity index is 4.40. The molecular formula is C27H51N3O3. The third-order valence-corrected chi connectivity index (χ3v) is 5.65. The van der Waals surface area contributed by atoms with Gasteiger partial charge in [0.15, 0.2) is 0 Å². The van der Waals surface area contributed by atoms with Crippen LogP contribution in [0.1, 0.15) is 98.8 Å². The molecule has 3 N–H and O–H groups in total. The largest absolute Gasteiger partial charge is 0.392 e. The summed E-state index contributed by atoms with van der Waals surface area (Å²) in [5, 5.41) is 16.0. The highest BCUT2D eigenvalue weighted by Gasteiger charge is 2.22. The van der Waals surface area contributed by atoms with Gasteiger partial charge in [-0.3, -0.25) is 14.5 Å². The molecule has 0 aromatic heterocycles. The van der Waals surface area contributed by atoms with E-state index in [0.717, 1.165) is 25.7 Å². The fourth-order valence-corrected chi connectivity index (χ4v) is 3.58. The van der Waals surface area contributed by atoms with Gasteiger partial charge in [-0.25, -0.2) is 0 Å². The maximum Gasteiger partial charge on any atom is 0.220 e. The summed E-state index contributed by atoms with van der Waals surface area (Å²) in [6.45, 7) is 11.7. The Morgan fingerprint density at radius 2 is 1.15 bits per heavy atom. The lowest BCUT2D eigenvalue weighted by Crippen LogP contribution is -2.52. The summed E-state index contributed by atoms with van der Waals surface area (Å²) in [6, 6.07) is 0.106. The zero-order valence-corrected chi connectivity index (χ0v) is 21.9. The van der Waals surface area contributed by atoms with Crippen LogP contribution < -0.4 is 10.6 Å². The molecule has 3 atom stereocenters. The summed E-state index contributed by atoms with van der Waals surface area (Å²) >= 11 is 0. The lowest BCUT2D eigenvalue weighted by molar-refractivity contribution is -0.121. The molecule has 0 fully saturated rings. The number of hydrogen-bond donors (Lipinski definition) is 3. The van der Waals surface area contributed by atoms with Gasteiger partial charge >= 0.3 is 0 Å². The molecule has 0 saturated carbocycles. The summed E-state index contributed by atoms with van der Waals surface area (Å²) < 4.78 is 0. The lowest BCUT2D eigenvalue weighted by atomic mass is 10.1. The average Bonchev–Trinajstić information content (AvgIpc) is 2.78. The molecule has 3 unspecified atom stereocenters. The van der Waals surface area contributed by atoms with E-state index in [-0.39, 0.29) is 23.9 Å². The SMILES string of the molecule is CCCC/C=C/CCC(=O)NCC(C)N(CC(C)O)C(C)CNC(=O)CC/C=C/CCCC. The number of unbranched alkanes of at least 4 members (excludes halogenated alkanes) is 4. The molecule has 0 aliphatic carbocycles. The highest BCUT2D eigenvalue weighted by molar-refractivity contribution is 5.76. The van der Waals surface area contributed by atoms with Gasteiger partial charge in [0.25, 0.3) is 0 Å². The molecule has 6 nitrogen and oxygen atoms in total. The number of aliphatic hydroxyl groups excluding tert-OH is 1. The second kappa shape index (κ2) is 20.9. The Kier molecular flexibility index (Phi) is 19.9. The van der Waals surface area contributed by atoms with Crippen LogP contribution in [0.5, 0.6) is 0 Å². The second-order valence-corrected chi connectivity index (χ2v) is 9.16. The number of aliphatic hydroxyl groups is 1. The number of hydrogen-bond acceptors (Lipinski definition) is 4. The van der Waals surface area contributed by atoms with Crippen molar-refractivity contribution >= 4 is 11.8 Å². The Morgan fingerprint density at radius 3 is 1.52 bits per heavy atom. The fraction of sp³-hybridized carbons (Fsp3) is 0.778. The molecule has 0 aromatic carbocycles. The third-order valence-electron chi connectivity index (χ3n) is 5.65. The number of nitrogens with one attached hydrogen (secondary N) is 2. The maximum atomic E-state index is 12.2. The Bertz CT molecular complexity index is 517. The Morgan fingerprint density at radius 1 is 0.758 bits per heavy atom. The number of nitrogens with zero attached hydrogens (tertiary/aromatic N) is 1. The molecule has 0 aromatic rings. The van der Waals surface area contributed by atoms with Gasteiger partial charge in [0.2, 0.25) is 11.8 Å². The Hall–Kier alpha value is -1.66. The predicted octanol–water partition coefficient (Wildman–Crippen LogP) is 4.73. The van der Waals surface area contributed by atoms with Gasteiger partial charge in [0.1, 0.15) is 0 Å². The molecule has 6 heteroatoms. The van der Waals surface area contributed by atoms with Crippen LogP contribution in [0.4, 0.5) is 0 Å². The molecule has 0 saturated heterocycles. The molecule has 0 heterocycles. The van der Waals surface area contributed by atoms with E-state index in [4.69, 9.17) is 0 Å². The van der Waals surface area contributed by atoms with Crippen LogP contribution in [0.3, 0.4) is 0 Å². The first-order valence-electron chi connectivity index (χ1n) is 13.1. The van der Waals surface area contributed by atoms with Crippen LogP contribution >= 0.6 is 0 Å². The van der Waals surface area contributed by atoms with E-state index in [1.54, 1.807) is 6.92 Å². The zero-order chi connectivity index (χ0) is 24.9. The monoisotopic (exact) mass is 465 g/mol. The molecule has 0 rings (SSSR count). The fourth-order valence-electron chi connectivity index (χ4n) is 3.58. The van der Waals surface area contributed by atoms with E-state index in [1.165, 1.54) is 25.7 Å². The van der Waals surface area contributed by atoms with Crippen molar-refractivity contribution < 1.29 is 14.7 Å². The quantitative estimate of drug-likeness (QED) is 0.179. The number of amides is 2. The number of allylic oxidation sites excluding steroid dienone is 4. The van der Waals surface area contributed by atoms with Crippen LogP contribution in [-0.4, -0.2) is 59.6 Å². The van der Waals surface area contributed by atoms with Crippen molar-refractivity contribution in [3.05, 3.63) is 24.3 Å². The van der Waals surface area contributed by atoms with Crippen LogP contribution in [0, 0.1) is 0 Å². The maximum absolute atomic E-state index is 12.2. The van der Waals surface area contributed by atoms with Crippen LogP contribution in [0.25, 0.3) is 0 Å². The van der Waals surface area contributed by atoms with E-state index >= 15 is 0 Å². The van der Waals surface area contributed by atoms with Gasteiger partial charge in [-0.2, -0.15) is 0 Å². The van der Waals surface area contributed by atoms with Crippen molar-refractivity contribution in [2.24, 2.45) is 0 Å². The van der Waals surface area contributed by atoms with Crippen molar-refractivity contribution in [1.29, 1.82) is 0 Å². The normalized spacial score (nSPS) is 14.6. The molecule has 0 spiro atoms. The molecule has 192 valence electrons. The van der Waals surface area contributed by atoms with E-state index in [0.29, 0.717) is 32.5 Å². The van der Waals surface area contributed by atoms with E-state index < -0.39 is 6.10 Å². The standard InChI is InChI=1S/C27H51N3O3/c1-6-8-10-12-14-16-18-26(32)28-20-23(3)30(22-25(5)31)24(4)21-29-27(33)19-17-15-13-11-9-7-2/h12-15,23-25,31H,6-11,16-22H2,1-5H3,(H,28,32)(H,29,33)/b14-12+,15-13+. The van der Waals surface area contributed by atoms with Crippen molar-refractivity contribution in [3.8, 4) is 0 Å². The number of rotatable bonds is 20. The summed E-state index contributed by atoms with van der Waals surface area (Å²) in [4.78, 5) is 26.5. The van der Waals surface area contributed by atoms with Crippen LogP contribution in [-0.2, 0) is 9.59 Å². The first-order chi connectivity index (χ1) is 15.8. The first kappa shape index (κ1) is 31.3. The number of carbonyl (C=O) groups excluding carboxylic acids is 2. The predicted molar refractivity (Wildman–Crippen MR) is 139 cm³/mol. The topological polar surface area (TPSA) is 81.7 Å². The van der Waals surface area contributed by atoms with Crippen molar-refractivity contribution in [1.82, 2.24) is 15.5 Å². The van der Waals surface area contributed by atoms with Gasteiger partial charge in [0.05, 0.1) is 6.10 Å². The average molecular weight is 466 g/mol. The van der Waals surface area contributed by atoms with E-state index in [2.05, 4.69) is 53.7 Å². The Labute approximate surface area is 203 Å². The molecule has 0 aliphatic rings. The van der Waals surface area contributed by atoms with Gasteiger partial charge < -0.3 is 15.7 Å².